The van der Waals surface area contributed by atoms with Crippen molar-refractivity contribution in [1.29, 1.82) is 0 Å². The van der Waals surface area contributed by atoms with Gasteiger partial charge in [-0.2, -0.15) is 0 Å². The Labute approximate surface area is 164 Å². The summed E-state index contributed by atoms with van der Waals surface area (Å²) in [5.74, 6) is -0.706. The van der Waals surface area contributed by atoms with Crippen LogP contribution >= 0.6 is 0 Å². The van der Waals surface area contributed by atoms with E-state index in [1.165, 1.54) is 11.0 Å². The number of hydrogen-bond donors (Lipinski definition) is 3. The molecule has 9 heteroatoms. The summed E-state index contributed by atoms with van der Waals surface area (Å²) < 4.78 is 5.82. The number of phenols is 1. The van der Waals surface area contributed by atoms with Crippen LogP contribution in [0.25, 0.3) is 11.1 Å². The highest BCUT2D eigenvalue weighted by Gasteiger charge is 2.53. The van der Waals surface area contributed by atoms with Crippen molar-refractivity contribution >= 4 is 28.9 Å². The van der Waals surface area contributed by atoms with Crippen molar-refractivity contribution < 1.29 is 23.9 Å². The second-order valence-electron chi connectivity index (χ2n) is 7.22. The number of hydrogen-bond acceptors (Lipinski definition) is 6. The molecule has 0 radical (unpaired) electrons. The average Bonchev–Trinajstić information content (AvgIpc) is 3.34. The molecule has 1 fully saturated rings. The van der Waals surface area contributed by atoms with Crippen molar-refractivity contribution in [2.45, 2.75) is 19.0 Å². The van der Waals surface area contributed by atoms with Gasteiger partial charge in [-0.25, -0.2) is 4.79 Å². The number of carbonyl (C=O) groups excluding carboxylic acids is 3. The lowest BCUT2D eigenvalue weighted by molar-refractivity contribution is -0.125. The monoisotopic (exact) mass is 392 g/mol. The number of rotatable bonds is 3. The minimum atomic E-state index is -1.58. The van der Waals surface area contributed by atoms with E-state index in [4.69, 9.17) is 4.42 Å². The maximum absolute atomic E-state index is 13.0. The normalized spacial score (nSPS) is 20.9. The van der Waals surface area contributed by atoms with Crippen LogP contribution in [0, 0.1) is 6.92 Å². The molecule has 29 heavy (non-hydrogen) atoms. The van der Waals surface area contributed by atoms with Crippen molar-refractivity contribution in [3.8, 4) is 5.75 Å². The lowest BCUT2D eigenvalue weighted by Crippen LogP contribution is -2.52. The Kier molecular flexibility index (Phi) is 3.45. The fourth-order valence-corrected chi connectivity index (χ4v) is 3.97. The van der Waals surface area contributed by atoms with Crippen molar-refractivity contribution in [2.24, 2.45) is 0 Å². The molecule has 2 aromatic heterocycles. The first kappa shape index (κ1) is 17.2. The van der Waals surface area contributed by atoms with Gasteiger partial charge < -0.3 is 19.7 Å². The van der Waals surface area contributed by atoms with Crippen LogP contribution in [0.1, 0.15) is 27.2 Å². The second-order valence-corrected chi connectivity index (χ2v) is 7.22. The van der Waals surface area contributed by atoms with Gasteiger partial charge in [0.25, 0.3) is 11.8 Å². The molecule has 0 spiro atoms. The molecule has 0 aliphatic carbocycles. The number of carbonyl (C=O) groups is 3. The van der Waals surface area contributed by atoms with Crippen LogP contribution in [-0.4, -0.2) is 39.4 Å². The fraction of sp³-hybridized carbons (Fsp3) is 0.200. The molecule has 2 aliphatic heterocycles. The molecule has 4 amide bonds. The Morgan fingerprint density at radius 3 is 2.83 bits per heavy atom. The first-order chi connectivity index (χ1) is 13.9. The van der Waals surface area contributed by atoms with E-state index in [2.05, 4.69) is 15.6 Å². The Balaban J connectivity index is 1.57. The second kappa shape index (κ2) is 5.81. The summed E-state index contributed by atoms with van der Waals surface area (Å²) in [6, 6.07) is 7.55. The van der Waals surface area contributed by atoms with Crippen molar-refractivity contribution in [3.05, 3.63) is 59.0 Å². The summed E-state index contributed by atoms with van der Waals surface area (Å²) >= 11 is 0. The van der Waals surface area contributed by atoms with Crippen molar-refractivity contribution in [2.75, 3.05) is 6.54 Å². The van der Waals surface area contributed by atoms with Gasteiger partial charge >= 0.3 is 6.03 Å². The number of aromatic nitrogens is 1. The molecule has 9 nitrogen and oxygen atoms in total. The zero-order chi connectivity index (χ0) is 20.3. The summed E-state index contributed by atoms with van der Waals surface area (Å²) in [6.45, 7) is 1.79. The van der Waals surface area contributed by atoms with Gasteiger partial charge in [0.1, 0.15) is 17.0 Å². The van der Waals surface area contributed by atoms with E-state index in [-0.39, 0.29) is 30.5 Å². The minimum absolute atomic E-state index is 0.0314. The summed E-state index contributed by atoms with van der Waals surface area (Å²) in [5.41, 5.74) is 1.07. The first-order valence-electron chi connectivity index (χ1n) is 8.98. The zero-order valence-electron chi connectivity index (χ0n) is 15.4. The van der Waals surface area contributed by atoms with Crippen LogP contribution in [0.2, 0.25) is 0 Å². The van der Waals surface area contributed by atoms with Crippen LogP contribution in [0.15, 0.2) is 40.9 Å². The number of amides is 4. The maximum atomic E-state index is 13.0. The number of benzene rings is 1. The molecule has 1 saturated heterocycles. The summed E-state index contributed by atoms with van der Waals surface area (Å²) in [5, 5.41) is 14.8. The third-order valence-corrected chi connectivity index (χ3v) is 5.46. The first-order valence-corrected chi connectivity index (χ1v) is 8.98. The van der Waals surface area contributed by atoms with E-state index >= 15 is 0 Å². The average molecular weight is 392 g/mol. The van der Waals surface area contributed by atoms with Gasteiger partial charge in [-0.3, -0.25) is 19.9 Å². The Morgan fingerprint density at radius 1 is 1.28 bits per heavy atom. The molecule has 1 aromatic carbocycles. The molecule has 4 heterocycles. The number of phenolic OH excluding ortho intramolecular Hbond substituents is 1. The van der Waals surface area contributed by atoms with E-state index < -0.39 is 17.5 Å². The molecule has 3 aromatic rings. The van der Waals surface area contributed by atoms with Crippen LogP contribution in [0.5, 0.6) is 5.75 Å². The maximum Gasteiger partial charge on any atom is 0.322 e. The number of fused-ring (bicyclic) bond motifs is 2. The smallest absolute Gasteiger partial charge is 0.322 e. The van der Waals surface area contributed by atoms with E-state index in [1.54, 1.807) is 37.4 Å². The fourth-order valence-electron chi connectivity index (χ4n) is 3.97. The number of aromatic hydroxyl groups is 1. The van der Waals surface area contributed by atoms with E-state index in [1.807, 2.05) is 0 Å². The molecule has 3 N–H and O–H groups in total. The predicted octanol–water partition coefficient (Wildman–Crippen LogP) is 1.53. The van der Waals surface area contributed by atoms with Gasteiger partial charge in [0, 0.05) is 24.4 Å². The van der Waals surface area contributed by atoms with Gasteiger partial charge in [0.05, 0.1) is 12.1 Å². The number of nitrogens with one attached hydrogen (secondary N) is 2. The SMILES string of the molecule is Cc1c(O)ccc2c1C(=O)N(CC1(c3cc4ncccc4o3)NC(=O)NC1=O)C2. The Bertz CT molecular complexity index is 1180. The molecular weight excluding hydrogens is 376 g/mol. The third-order valence-electron chi connectivity index (χ3n) is 5.46. The highest BCUT2D eigenvalue weighted by atomic mass is 16.3. The van der Waals surface area contributed by atoms with Crippen LogP contribution in [0.4, 0.5) is 4.79 Å². The molecule has 146 valence electrons. The van der Waals surface area contributed by atoms with E-state index in [0.717, 1.165) is 5.56 Å². The Hall–Kier alpha value is -3.88. The lowest BCUT2D eigenvalue weighted by Gasteiger charge is -2.29. The summed E-state index contributed by atoms with van der Waals surface area (Å²) in [4.78, 5) is 43.5. The van der Waals surface area contributed by atoms with Crippen molar-refractivity contribution in [1.82, 2.24) is 20.5 Å². The predicted molar refractivity (Wildman–Crippen MR) is 99.9 cm³/mol. The Morgan fingerprint density at radius 2 is 2.10 bits per heavy atom. The number of nitrogens with zero attached hydrogens (tertiary/aromatic N) is 2. The quantitative estimate of drug-likeness (QED) is 0.581. The highest BCUT2D eigenvalue weighted by molar-refractivity contribution is 6.08. The third kappa shape index (κ3) is 2.40. The van der Waals surface area contributed by atoms with Gasteiger partial charge in [-0.15, -0.1) is 0 Å². The minimum Gasteiger partial charge on any atom is -0.508 e. The van der Waals surface area contributed by atoms with E-state index in [0.29, 0.717) is 22.2 Å². The van der Waals surface area contributed by atoms with Crippen LogP contribution in [0.3, 0.4) is 0 Å². The van der Waals surface area contributed by atoms with Gasteiger partial charge in [0.15, 0.2) is 11.1 Å². The number of urea groups is 1. The highest BCUT2D eigenvalue weighted by Crippen LogP contribution is 2.35. The van der Waals surface area contributed by atoms with Gasteiger partial charge in [-0.05, 0) is 30.7 Å². The molecule has 0 bridgehead atoms. The topological polar surface area (TPSA) is 125 Å². The molecule has 1 unspecified atom stereocenters. The van der Waals surface area contributed by atoms with Crippen LogP contribution < -0.4 is 10.6 Å². The van der Waals surface area contributed by atoms with E-state index in [9.17, 15) is 19.5 Å². The lowest BCUT2D eigenvalue weighted by atomic mass is 9.95. The molecule has 1 atom stereocenters. The number of imide groups is 1. The van der Waals surface area contributed by atoms with Crippen molar-refractivity contribution in [3.63, 3.8) is 0 Å². The molecule has 2 aliphatic rings. The largest absolute Gasteiger partial charge is 0.508 e. The summed E-state index contributed by atoms with van der Waals surface area (Å²) in [7, 11) is 0. The molecular formula is C20H16N4O5. The van der Waals surface area contributed by atoms with Gasteiger partial charge in [0.2, 0.25) is 0 Å². The molecule has 0 saturated carbocycles. The number of furan rings is 1. The zero-order valence-corrected chi connectivity index (χ0v) is 15.4. The van der Waals surface area contributed by atoms with Crippen LogP contribution in [-0.2, 0) is 16.9 Å². The van der Waals surface area contributed by atoms with Gasteiger partial charge in [-0.1, -0.05) is 6.07 Å². The molecule has 5 rings (SSSR count). The number of pyridine rings is 1. The standard InChI is InChI=1S/C20H16N4O5/c1-10-13(25)5-4-11-8-24(17(26)16(10)11)9-20(18(27)22-19(28)23-20)15-7-12-14(29-15)3-2-6-21-12/h2-7,25H,8-9H2,1H3,(H2,22,23,27,28). The summed E-state index contributed by atoms with van der Waals surface area (Å²) in [6.07, 6.45) is 1.59.